The van der Waals surface area contributed by atoms with Gasteiger partial charge >= 0.3 is 12.2 Å². The first kappa shape index (κ1) is 38.5. The summed E-state index contributed by atoms with van der Waals surface area (Å²) in [6.45, 7) is 20.1. The molecule has 0 radical (unpaired) electrons. The van der Waals surface area contributed by atoms with Crippen LogP contribution in [0.3, 0.4) is 0 Å². The normalized spacial score (nSPS) is 32.1. The summed E-state index contributed by atoms with van der Waals surface area (Å²) in [5, 5.41) is 16.3. The first-order valence-corrected chi connectivity index (χ1v) is 18.9. The van der Waals surface area contributed by atoms with Crippen molar-refractivity contribution in [3.05, 3.63) is 11.6 Å². The molecule has 4 aliphatic rings. The average molecular weight is 674 g/mol. The van der Waals surface area contributed by atoms with Gasteiger partial charge in [-0.2, -0.15) is 0 Å². The van der Waals surface area contributed by atoms with Crippen molar-refractivity contribution in [2.24, 2.45) is 40.4 Å². The molecule has 3 amide bonds. The van der Waals surface area contributed by atoms with Crippen LogP contribution in [0.2, 0.25) is 0 Å². The quantitative estimate of drug-likeness (QED) is 0.154. The average Bonchev–Trinajstić information content (AvgIpc) is 3.33. The van der Waals surface area contributed by atoms with Crippen LogP contribution < -0.4 is 10.6 Å². The second-order valence-corrected chi connectivity index (χ2v) is 17.9. The Morgan fingerprint density at radius 1 is 0.896 bits per heavy atom. The number of carbonyl (C=O) groups excluding carboxylic acids is 3. The minimum absolute atomic E-state index is 0.0499. The molecular formula is C39H67N3O6. The molecule has 9 nitrogen and oxygen atoms in total. The van der Waals surface area contributed by atoms with E-state index >= 15 is 0 Å². The summed E-state index contributed by atoms with van der Waals surface area (Å²) in [6, 6.07) is 0. The van der Waals surface area contributed by atoms with E-state index in [0.29, 0.717) is 69.1 Å². The SMILES string of the molecule is CC(C(=O)NCCCN(CCCCNC(=O)OC(C)(C)C)C(=O)OC(C)(C)C)[C@H]1CC[C@H]2[C@@H]3CC=C4C[C@@H](O)CC[C@]4(C)[C@H]3CC[C@]12C. The number of hydrogen-bond acceptors (Lipinski definition) is 6. The zero-order valence-corrected chi connectivity index (χ0v) is 31.6. The molecule has 4 aliphatic carbocycles. The van der Waals surface area contributed by atoms with Crippen molar-refractivity contribution in [2.75, 3.05) is 26.2 Å². The number of carbonyl (C=O) groups is 3. The molecule has 274 valence electrons. The van der Waals surface area contributed by atoms with Crippen molar-refractivity contribution < 1.29 is 29.0 Å². The van der Waals surface area contributed by atoms with Crippen molar-refractivity contribution in [1.82, 2.24) is 15.5 Å². The van der Waals surface area contributed by atoms with E-state index in [0.717, 1.165) is 32.1 Å². The summed E-state index contributed by atoms with van der Waals surface area (Å²) in [4.78, 5) is 40.2. The molecule has 0 aromatic carbocycles. The third-order valence-electron chi connectivity index (χ3n) is 12.2. The Morgan fingerprint density at radius 2 is 1.56 bits per heavy atom. The van der Waals surface area contributed by atoms with E-state index in [-0.39, 0.29) is 34.9 Å². The lowest BCUT2D eigenvalue weighted by atomic mass is 9.47. The second-order valence-electron chi connectivity index (χ2n) is 17.9. The molecule has 0 saturated heterocycles. The number of nitrogens with zero attached hydrogens (tertiary/aromatic N) is 1. The van der Waals surface area contributed by atoms with Gasteiger partial charge in [0.05, 0.1) is 6.10 Å². The summed E-state index contributed by atoms with van der Waals surface area (Å²) in [7, 11) is 0. The number of allylic oxidation sites excluding steroid dienone is 1. The van der Waals surface area contributed by atoms with Crippen LogP contribution in [0.5, 0.6) is 0 Å². The fourth-order valence-corrected chi connectivity index (χ4v) is 9.88. The molecule has 8 atom stereocenters. The van der Waals surface area contributed by atoms with Crippen LogP contribution in [0.4, 0.5) is 9.59 Å². The standard InChI is InChI=1S/C39H67N3O6/c1-26(30-15-16-31-29-14-13-27-25-28(43)17-19-38(27,8)32(29)18-20-39(30,31)9)33(44)40-22-12-24-42(35(46)48-37(5,6)7)23-11-10-21-41-34(45)47-36(2,3)4/h13,26,28-32,43H,10-12,14-25H2,1-9H3,(H,40,44)(H,41,45)/t26?,28-,29-,30+,31-,32-,38-,39+/m0/s1. The van der Waals surface area contributed by atoms with E-state index in [1.165, 1.54) is 24.8 Å². The van der Waals surface area contributed by atoms with Crippen LogP contribution in [0.15, 0.2) is 11.6 Å². The monoisotopic (exact) mass is 674 g/mol. The van der Waals surface area contributed by atoms with Crippen LogP contribution >= 0.6 is 0 Å². The van der Waals surface area contributed by atoms with Gasteiger partial charge in [0.2, 0.25) is 5.91 Å². The van der Waals surface area contributed by atoms with Crippen molar-refractivity contribution in [1.29, 1.82) is 0 Å². The van der Waals surface area contributed by atoms with E-state index in [2.05, 4.69) is 37.5 Å². The van der Waals surface area contributed by atoms with Gasteiger partial charge in [0, 0.05) is 32.1 Å². The van der Waals surface area contributed by atoms with Crippen LogP contribution in [0.1, 0.15) is 133 Å². The molecule has 3 saturated carbocycles. The number of hydrogen-bond donors (Lipinski definition) is 3. The Morgan fingerprint density at radius 3 is 2.25 bits per heavy atom. The molecule has 1 unspecified atom stereocenters. The van der Waals surface area contributed by atoms with E-state index in [1.54, 1.807) is 4.90 Å². The molecule has 0 aliphatic heterocycles. The van der Waals surface area contributed by atoms with Gasteiger partial charge in [0.15, 0.2) is 0 Å². The number of aliphatic hydroxyl groups excluding tert-OH is 1. The Hall–Kier alpha value is -2.29. The van der Waals surface area contributed by atoms with Gasteiger partial charge in [-0.1, -0.05) is 32.4 Å². The molecule has 0 aromatic heterocycles. The van der Waals surface area contributed by atoms with E-state index in [9.17, 15) is 19.5 Å². The summed E-state index contributed by atoms with van der Waals surface area (Å²) in [5.41, 5.74) is 0.778. The molecule has 3 N–H and O–H groups in total. The van der Waals surface area contributed by atoms with Crippen molar-refractivity contribution in [3.8, 4) is 0 Å². The predicted molar refractivity (Wildman–Crippen MR) is 189 cm³/mol. The molecule has 0 spiro atoms. The van der Waals surface area contributed by atoms with Crippen LogP contribution in [0.25, 0.3) is 0 Å². The first-order chi connectivity index (χ1) is 22.3. The molecule has 4 rings (SSSR count). The zero-order valence-electron chi connectivity index (χ0n) is 31.6. The van der Waals surface area contributed by atoms with Crippen molar-refractivity contribution >= 4 is 18.1 Å². The highest BCUT2D eigenvalue weighted by Gasteiger charge is 2.59. The summed E-state index contributed by atoms with van der Waals surface area (Å²) < 4.78 is 11.0. The van der Waals surface area contributed by atoms with Gasteiger partial charge in [0.1, 0.15) is 11.2 Å². The fourth-order valence-electron chi connectivity index (χ4n) is 9.88. The lowest BCUT2D eigenvalue weighted by Crippen LogP contribution is -2.51. The molecule has 0 aromatic rings. The van der Waals surface area contributed by atoms with Gasteiger partial charge in [-0.05, 0) is 147 Å². The lowest BCUT2D eigenvalue weighted by molar-refractivity contribution is -0.129. The zero-order chi connectivity index (χ0) is 35.5. The van der Waals surface area contributed by atoms with Crippen molar-refractivity contribution in [3.63, 3.8) is 0 Å². The molecule has 3 fully saturated rings. The Balaban J connectivity index is 1.26. The van der Waals surface area contributed by atoms with E-state index in [1.807, 2.05) is 41.5 Å². The Kier molecular flexibility index (Phi) is 12.3. The number of aliphatic hydroxyl groups is 1. The van der Waals surface area contributed by atoms with Gasteiger partial charge < -0.3 is 30.1 Å². The molecule has 0 bridgehead atoms. The minimum atomic E-state index is -0.599. The van der Waals surface area contributed by atoms with Crippen LogP contribution in [-0.4, -0.2) is 71.6 Å². The Labute approximate surface area is 290 Å². The number of nitrogens with one attached hydrogen (secondary N) is 2. The maximum absolute atomic E-state index is 13.6. The highest BCUT2D eigenvalue weighted by molar-refractivity contribution is 5.78. The minimum Gasteiger partial charge on any atom is -0.444 e. The predicted octanol–water partition coefficient (Wildman–Crippen LogP) is 7.61. The number of unbranched alkanes of at least 4 members (excludes halogenated alkanes) is 1. The van der Waals surface area contributed by atoms with Gasteiger partial charge in [-0.15, -0.1) is 0 Å². The van der Waals surface area contributed by atoms with Gasteiger partial charge in [-0.3, -0.25) is 4.79 Å². The van der Waals surface area contributed by atoms with Gasteiger partial charge in [0.25, 0.3) is 0 Å². The summed E-state index contributed by atoms with van der Waals surface area (Å²) >= 11 is 0. The van der Waals surface area contributed by atoms with E-state index in [4.69, 9.17) is 9.47 Å². The highest BCUT2D eigenvalue weighted by atomic mass is 16.6. The molecule has 9 heteroatoms. The van der Waals surface area contributed by atoms with E-state index < -0.39 is 17.3 Å². The molecular weight excluding hydrogens is 606 g/mol. The maximum Gasteiger partial charge on any atom is 0.410 e. The number of alkyl carbamates (subject to hydrolysis) is 1. The fraction of sp³-hybridized carbons (Fsp3) is 0.872. The van der Waals surface area contributed by atoms with Crippen molar-refractivity contribution in [2.45, 2.75) is 150 Å². The van der Waals surface area contributed by atoms with Crippen LogP contribution in [-0.2, 0) is 14.3 Å². The molecule has 0 heterocycles. The third kappa shape index (κ3) is 9.28. The summed E-state index contributed by atoms with van der Waals surface area (Å²) in [6.07, 6.45) is 12.3. The summed E-state index contributed by atoms with van der Waals surface area (Å²) in [5.74, 6) is 2.48. The lowest BCUT2D eigenvalue weighted by Gasteiger charge is -2.58. The smallest absolute Gasteiger partial charge is 0.410 e. The largest absolute Gasteiger partial charge is 0.444 e. The van der Waals surface area contributed by atoms with Crippen LogP contribution in [0, 0.1) is 40.4 Å². The Bertz CT molecular complexity index is 1170. The second kappa shape index (κ2) is 15.3. The number of amides is 3. The van der Waals surface area contributed by atoms with Gasteiger partial charge in [-0.25, -0.2) is 9.59 Å². The maximum atomic E-state index is 13.6. The molecule has 48 heavy (non-hydrogen) atoms. The first-order valence-electron chi connectivity index (χ1n) is 18.9. The highest BCUT2D eigenvalue weighted by Crippen LogP contribution is 2.67. The number of ether oxygens (including phenoxy) is 2. The number of fused-ring (bicyclic) bond motifs is 5. The number of rotatable bonds is 11. The third-order valence-corrected chi connectivity index (χ3v) is 12.2. The topological polar surface area (TPSA) is 117 Å².